The van der Waals surface area contributed by atoms with Crippen LogP contribution in [0.15, 0.2) is 58.3 Å². The van der Waals surface area contributed by atoms with Gasteiger partial charge in [0, 0.05) is 44.0 Å². The molecule has 3 N–H and O–H groups in total. The van der Waals surface area contributed by atoms with Crippen LogP contribution in [-0.4, -0.2) is 69.1 Å². The Morgan fingerprint density at radius 3 is 1.97 bits per heavy atom. The lowest BCUT2D eigenvalue weighted by Gasteiger charge is -2.36. The van der Waals surface area contributed by atoms with E-state index >= 15 is 0 Å². The second kappa shape index (κ2) is 9.52. The molecule has 1 saturated heterocycles. The Morgan fingerprint density at radius 1 is 0.970 bits per heavy atom. The van der Waals surface area contributed by atoms with E-state index in [0.29, 0.717) is 18.8 Å². The molecule has 0 spiro atoms. The molecule has 33 heavy (non-hydrogen) atoms. The summed E-state index contributed by atoms with van der Waals surface area (Å²) < 4.78 is 49.7. The summed E-state index contributed by atoms with van der Waals surface area (Å²) in [4.78, 5) is 24.4. The summed E-state index contributed by atoms with van der Waals surface area (Å²) in [6.07, 6.45) is 0. The third-order valence-corrected chi connectivity index (χ3v) is 8.18. The Balaban J connectivity index is 1.60. The number of hydrogen-bond acceptors (Lipinski definition) is 8. The fraction of sp³-hybridized carbons (Fsp3) is 0.316. The zero-order valence-electron chi connectivity index (χ0n) is 17.6. The van der Waals surface area contributed by atoms with Crippen LogP contribution in [0.4, 0.5) is 11.4 Å². The molecular formula is C19H23N5O7S2. The van der Waals surface area contributed by atoms with Gasteiger partial charge in [-0.15, -0.1) is 0 Å². The molecule has 1 fully saturated rings. The number of non-ortho nitro benzene ring substituents is 1. The molecule has 3 rings (SSSR count). The van der Waals surface area contributed by atoms with Gasteiger partial charge in [-0.2, -0.15) is 4.31 Å². The minimum absolute atomic E-state index is 0.0488. The molecule has 12 nitrogen and oxygen atoms in total. The van der Waals surface area contributed by atoms with Crippen molar-refractivity contribution in [3.8, 4) is 0 Å². The minimum Gasteiger partial charge on any atom is -0.325 e. The van der Waals surface area contributed by atoms with Crippen LogP contribution in [0.2, 0.25) is 0 Å². The van der Waals surface area contributed by atoms with Gasteiger partial charge in [-0.05, 0) is 43.3 Å². The number of amides is 1. The first-order valence-electron chi connectivity index (χ1n) is 9.82. The number of nitrogens with zero attached hydrogens (tertiary/aromatic N) is 3. The van der Waals surface area contributed by atoms with E-state index in [9.17, 15) is 31.7 Å². The summed E-state index contributed by atoms with van der Waals surface area (Å²) in [6, 6.07) is 9.58. The van der Waals surface area contributed by atoms with Crippen LogP contribution < -0.4 is 10.5 Å². The molecule has 1 unspecified atom stereocenters. The van der Waals surface area contributed by atoms with Crippen molar-refractivity contribution in [2.24, 2.45) is 5.14 Å². The van der Waals surface area contributed by atoms with E-state index in [-0.39, 0.29) is 34.5 Å². The molecule has 1 heterocycles. The lowest BCUT2D eigenvalue weighted by atomic mass is 10.2. The smallest absolute Gasteiger partial charge is 0.269 e. The van der Waals surface area contributed by atoms with E-state index in [0.717, 1.165) is 12.1 Å². The normalized spacial score (nSPS) is 16.8. The molecule has 1 atom stereocenters. The number of benzene rings is 2. The quantitative estimate of drug-likeness (QED) is 0.413. The highest BCUT2D eigenvalue weighted by Crippen LogP contribution is 2.21. The van der Waals surface area contributed by atoms with Crippen LogP contribution in [0.25, 0.3) is 0 Å². The van der Waals surface area contributed by atoms with Crippen molar-refractivity contribution < 1.29 is 26.6 Å². The van der Waals surface area contributed by atoms with Gasteiger partial charge in [-0.3, -0.25) is 19.8 Å². The molecule has 1 amide bonds. The monoisotopic (exact) mass is 497 g/mol. The first-order chi connectivity index (χ1) is 15.4. The molecular weight excluding hydrogens is 474 g/mol. The van der Waals surface area contributed by atoms with Crippen molar-refractivity contribution >= 4 is 37.3 Å². The first-order valence-corrected chi connectivity index (χ1v) is 12.8. The Morgan fingerprint density at radius 2 is 1.48 bits per heavy atom. The van der Waals surface area contributed by atoms with Crippen LogP contribution in [0.1, 0.15) is 6.92 Å². The highest BCUT2D eigenvalue weighted by molar-refractivity contribution is 7.89. The van der Waals surface area contributed by atoms with Crippen LogP contribution >= 0.6 is 0 Å². The number of primary sulfonamides is 1. The second-order valence-electron chi connectivity index (χ2n) is 7.43. The molecule has 0 bridgehead atoms. The summed E-state index contributed by atoms with van der Waals surface area (Å²) in [5.41, 5.74) is 0.333. The van der Waals surface area contributed by atoms with Gasteiger partial charge in [0.15, 0.2) is 0 Å². The average Bonchev–Trinajstić information content (AvgIpc) is 2.78. The number of nitro groups is 1. The molecule has 2 aromatic rings. The van der Waals surface area contributed by atoms with E-state index in [4.69, 9.17) is 5.14 Å². The van der Waals surface area contributed by atoms with E-state index in [2.05, 4.69) is 5.32 Å². The molecule has 1 aliphatic heterocycles. The van der Waals surface area contributed by atoms with Gasteiger partial charge in [0.05, 0.1) is 20.8 Å². The topological polar surface area (TPSA) is 173 Å². The number of sulfonamides is 2. The number of carbonyl (C=O) groups excluding carboxylic acids is 1. The number of nitrogens with two attached hydrogens (primary N) is 1. The number of nitro benzene ring substituents is 1. The lowest BCUT2D eigenvalue weighted by Crippen LogP contribution is -2.53. The van der Waals surface area contributed by atoms with Crippen molar-refractivity contribution in [2.75, 3.05) is 31.5 Å². The van der Waals surface area contributed by atoms with Gasteiger partial charge in [0.2, 0.25) is 26.0 Å². The van der Waals surface area contributed by atoms with E-state index in [1.165, 1.54) is 40.7 Å². The Bertz CT molecular complexity index is 1240. The third-order valence-electron chi connectivity index (χ3n) is 5.34. The predicted octanol–water partition coefficient (Wildman–Crippen LogP) is 0.576. The van der Waals surface area contributed by atoms with Crippen molar-refractivity contribution in [3.63, 3.8) is 0 Å². The molecule has 0 aromatic heterocycles. The molecule has 2 aromatic carbocycles. The van der Waals surface area contributed by atoms with Gasteiger partial charge in [-0.1, -0.05) is 0 Å². The molecule has 178 valence electrons. The maximum atomic E-state index is 12.9. The molecule has 0 saturated carbocycles. The van der Waals surface area contributed by atoms with Crippen molar-refractivity contribution in [3.05, 3.63) is 58.6 Å². The minimum atomic E-state index is -3.93. The van der Waals surface area contributed by atoms with Gasteiger partial charge < -0.3 is 5.32 Å². The number of rotatable bonds is 7. The third kappa shape index (κ3) is 5.72. The summed E-state index contributed by atoms with van der Waals surface area (Å²) >= 11 is 0. The fourth-order valence-corrected chi connectivity index (χ4v) is 5.30. The molecule has 0 aliphatic carbocycles. The summed E-state index contributed by atoms with van der Waals surface area (Å²) in [5, 5.41) is 18.5. The largest absolute Gasteiger partial charge is 0.325 e. The SMILES string of the molecule is CC(C(=O)Nc1ccc([N+](=O)[O-])cc1)N1CCN(S(=O)(=O)c2ccc(S(N)(=O)=O)cc2)CC1. The van der Waals surface area contributed by atoms with Crippen LogP contribution in [0, 0.1) is 10.1 Å². The Hall–Kier alpha value is -2.91. The van der Waals surface area contributed by atoms with E-state index < -0.39 is 31.0 Å². The number of nitrogens with one attached hydrogen (secondary N) is 1. The second-order valence-corrected chi connectivity index (χ2v) is 10.9. The zero-order chi connectivity index (χ0) is 24.4. The van der Waals surface area contributed by atoms with E-state index in [1.807, 2.05) is 4.90 Å². The van der Waals surface area contributed by atoms with Crippen LogP contribution in [0.3, 0.4) is 0 Å². The maximum absolute atomic E-state index is 12.9. The molecule has 0 radical (unpaired) electrons. The van der Waals surface area contributed by atoms with Crippen LogP contribution in [0.5, 0.6) is 0 Å². The zero-order valence-corrected chi connectivity index (χ0v) is 19.3. The summed E-state index contributed by atoms with van der Waals surface area (Å²) in [5.74, 6) is -0.321. The predicted molar refractivity (Wildman–Crippen MR) is 119 cm³/mol. The highest BCUT2D eigenvalue weighted by atomic mass is 32.2. The summed E-state index contributed by atoms with van der Waals surface area (Å²) in [6.45, 7) is 2.60. The van der Waals surface area contributed by atoms with Crippen LogP contribution in [-0.2, 0) is 24.8 Å². The number of piperazine rings is 1. The average molecular weight is 498 g/mol. The fourth-order valence-electron chi connectivity index (χ4n) is 3.36. The highest BCUT2D eigenvalue weighted by Gasteiger charge is 2.32. The van der Waals surface area contributed by atoms with Gasteiger partial charge in [0.1, 0.15) is 0 Å². The van der Waals surface area contributed by atoms with E-state index in [1.54, 1.807) is 6.92 Å². The maximum Gasteiger partial charge on any atom is 0.269 e. The van der Waals surface area contributed by atoms with Crippen molar-refractivity contribution in [2.45, 2.75) is 22.8 Å². The van der Waals surface area contributed by atoms with Crippen molar-refractivity contribution in [1.29, 1.82) is 0 Å². The molecule has 14 heteroatoms. The van der Waals surface area contributed by atoms with Gasteiger partial charge in [-0.25, -0.2) is 22.0 Å². The number of hydrogen-bond donors (Lipinski definition) is 2. The number of carbonyl (C=O) groups is 1. The standard InChI is InChI=1S/C19H23N5O7S2/c1-14(19(25)21-15-2-4-16(5-3-15)24(26)27)22-10-12-23(13-11-22)33(30,31)18-8-6-17(7-9-18)32(20,28)29/h2-9,14H,10-13H2,1H3,(H,21,25)(H2,20,28,29). The molecule has 1 aliphatic rings. The lowest BCUT2D eigenvalue weighted by molar-refractivity contribution is -0.384. The van der Waals surface area contributed by atoms with Gasteiger partial charge >= 0.3 is 0 Å². The Kier molecular flexibility index (Phi) is 7.14. The summed E-state index contributed by atoms with van der Waals surface area (Å²) in [7, 11) is -7.76. The first kappa shape index (κ1) is 24.7. The number of anilines is 1. The van der Waals surface area contributed by atoms with Gasteiger partial charge in [0.25, 0.3) is 5.69 Å². The Labute approximate surface area is 191 Å². The van der Waals surface area contributed by atoms with Crippen molar-refractivity contribution in [1.82, 2.24) is 9.21 Å².